The molecule has 0 radical (unpaired) electrons. The van der Waals surface area contributed by atoms with Crippen molar-refractivity contribution in [3.63, 3.8) is 0 Å². The van der Waals surface area contributed by atoms with E-state index in [9.17, 15) is 0 Å². The lowest BCUT2D eigenvalue weighted by Gasteiger charge is -2.16. The molecule has 0 N–H and O–H groups in total. The molecule has 4 aromatic heterocycles. The summed E-state index contributed by atoms with van der Waals surface area (Å²) < 4.78 is 7.14. The molecule has 0 aliphatic heterocycles. The largest absolute Gasteiger partial charge is 0.309 e. The summed E-state index contributed by atoms with van der Waals surface area (Å²) >= 11 is 1.77. The van der Waals surface area contributed by atoms with Crippen LogP contribution in [0.1, 0.15) is 0 Å². The van der Waals surface area contributed by atoms with Crippen molar-refractivity contribution in [3.05, 3.63) is 231 Å². The van der Waals surface area contributed by atoms with Crippen molar-refractivity contribution >= 4 is 108 Å². The summed E-state index contributed by atoms with van der Waals surface area (Å²) in [4.78, 5) is 10.9. The molecule has 4 nitrogen and oxygen atoms in total. The summed E-state index contributed by atoms with van der Waals surface area (Å²) in [6.07, 6.45) is 0. The molecule has 15 rings (SSSR count). The fourth-order valence-electron chi connectivity index (χ4n) is 11.3. The Morgan fingerprint density at radius 1 is 0.319 bits per heavy atom. The zero-order valence-corrected chi connectivity index (χ0v) is 38.0. The first-order valence-corrected chi connectivity index (χ1v) is 24.3. The van der Waals surface area contributed by atoms with Gasteiger partial charge in [-0.25, -0.2) is 9.97 Å². The van der Waals surface area contributed by atoms with Crippen molar-refractivity contribution in [2.24, 2.45) is 0 Å². The van der Waals surface area contributed by atoms with Gasteiger partial charge in [0.2, 0.25) is 0 Å². The average molecular weight is 895 g/mol. The highest BCUT2D eigenvalue weighted by atomic mass is 32.1. The molecule has 15 aromatic rings. The lowest BCUT2D eigenvalue weighted by atomic mass is 9.91. The Kier molecular flexibility index (Phi) is 8.20. The van der Waals surface area contributed by atoms with E-state index in [1.165, 1.54) is 86.4 Å². The van der Waals surface area contributed by atoms with Crippen molar-refractivity contribution in [1.29, 1.82) is 0 Å². The van der Waals surface area contributed by atoms with E-state index in [4.69, 9.17) is 9.97 Å². The van der Waals surface area contributed by atoms with Crippen LogP contribution < -0.4 is 0 Å². The first-order chi connectivity index (χ1) is 34.2. The number of hydrogen-bond acceptors (Lipinski definition) is 3. The van der Waals surface area contributed by atoms with Gasteiger partial charge in [0.1, 0.15) is 0 Å². The van der Waals surface area contributed by atoms with E-state index in [1.807, 2.05) is 0 Å². The van der Waals surface area contributed by atoms with Gasteiger partial charge >= 0.3 is 0 Å². The van der Waals surface area contributed by atoms with Gasteiger partial charge in [0.15, 0.2) is 5.82 Å². The fourth-order valence-corrected chi connectivity index (χ4v) is 12.4. The monoisotopic (exact) mass is 894 g/mol. The predicted molar refractivity (Wildman–Crippen MR) is 292 cm³/mol. The fraction of sp³-hybridized carbons (Fsp3) is 0. The van der Waals surface area contributed by atoms with Gasteiger partial charge in [0.25, 0.3) is 0 Å². The Morgan fingerprint density at radius 3 is 1.57 bits per heavy atom. The number of aromatic nitrogens is 4. The summed E-state index contributed by atoms with van der Waals surface area (Å²) in [6, 6.07) is 83.9. The predicted octanol–water partition coefficient (Wildman–Crippen LogP) is 17.5. The SMILES string of the molecule is c1ccc(-c2nc(-c3cccc4c5cc(-n6c7ccccc7c7cc(-c8ccc9c(c8)c8ccccc8n9-c8ccccc8)ccc76)ccc5c5ccccc5c34)nc3c2sc2ccccc23)cc1. The number of hydrogen-bond donors (Lipinski definition) is 0. The van der Waals surface area contributed by atoms with Gasteiger partial charge in [-0.2, -0.15) is 0 Å². The van der Waals surface area contributed by atoms with Crippen molar-refractivity contribution in [1.82, 2.24) is 19.1 Å². The first-order valence-electron chi connectivity index (χ1n) is 23.5. The minimum absolute atomic E-state index is 0.732. The van der Waals surface area contributed by atoms with Gasteiger partial charge in [-0.15, -0.1) is 11.3 Å². The van der Waals surface area contributed by atoms with Crippen LogP contribution in [0.4, 0.5) is 0 Å². The van der Waals surface area contributed by atoms with Crippen molar-refractivity contribution in [2.45, 2.75) is 0 Å². The molecule has 0 spiro atoms. The van der Waals surface area contributed by atoms with Crippen molar-refractivity contribution < 1.29 is 0 Å². The van der Waals surface area contributed by atoms with Crippen LogP contribution in [0.3, 0.4) is 0 Å². The number of para-hydroxylation sites is 3. The Hall–Kier alpha value is -8.90. The number of nitrogens with zero attached hydrogens (tertiary/aromatic N) is 4. The summed E-state index contributed by atoms with van der Waals surface area (Å²) in [5.41, 5.74) is 13.5. The second-order valence-corrected chi connectivity index (χ2v) is 19.1. The molecule has 4 heterocycles. The summed E-state index contributed by atoms with van der Waals surface area (Å²) in [6.45, 7) is 0. The molecule has 0 amide bonds. The Balaban J connectivity index is 0.929. The van der Waals surface area contributed by atoms with E-state index < -0.39 is 0 Å². The van der Waals surface area contributed by atoms with Crippen LogP contribution >= 0.6 is 11.3 Å². The van der Waals surface area contributed by atoms with Gasteiger partial charge in [0.05, 0.1) is 38.0 Å². The maximum absolute atomic E-state index is 5.46. The summed E-state index contributed by atoms with van der Waals surface area (Å²) in [5.74, 6) is 0.732. The molecule has 0 saturated carbocycles. The van der Waals surface area contributed by atoms with Crippen LogP contribution in [0.2, 0.25) is 0 Å². The highest BCUT2D eigenvalue weighted by Gasteiger charge is 2.21. The van der Waals surface area contributed by atoms with Crippen LogP contribution in [0, 0.1) is 0 Å². The van der Waals surface area contributed by atoms with E-state index in [1.54, 1.807) is 11.3 Å². The van der Waals surface area contributed by atoms with Crippen LogP contribution in [0.5, 0.6) is 0 Å². The maximum atomic E-state index is 5.46. The first kappa shape index (κ1) is 38.2. The van der Waals surface area contributed by atoms with E-state index in [2.05, 4.69) is 240 Å². The minimum Gasteiger partial charge on any atom is -0.309 e. The molecular formula is C64H38N4S. The molecule has 11 aromatic carbocycles. The van der Waals surface area contributed by atoms with Crippen LogP contribution in [-0.4, -0.2) is 19.1 Å². The molecule has 0 saturated heterocycles. The van der Waals surface area contributed by atoms with Crippen LogP contribution in [0.25, 0.3) is 141 Å². The van der Waals surface area contributed by atoms with Gasteiger partial charge in [-0.1, -0.05) is 164 Å². The zero-order valence-electron chi connectivity index (χ0n) is 37.1. The number of thiophene rings is 1. The molecular weight excluding hydrogens is 857 g/mol. The highest BCUT2D eigenvalue weighted by molar-refractivity contribution is 7.26. The average Bonchev–Trinajstić information content (AvgIpc) is 4.08. The highest BCUT2D eigenvalue weighted by Crippen LogP contribution is 2.45. The van der Waals surface area contributed by atoms with Gasteiger partial charge in [0, 0.05) is 59.5 Å². The second-order valence-electron chi connectivity index (χ2n) is 18.0. The molecule has 0 aliphatic rings. The Bertz CT molecular complexity index is 4600. The molecule has 69 heavy (non-hydrogen) atoms. The Morgan fingerprint density at radius 2 is 0.855 bits per heavy atom. The van der Waals surface area contributed by atoms with Crippen LogP contribution in [-0.2, 0) is 0 Å². The molecule has 0 aliphatic carbocycles. The minimum atomic E-state index is 0.732. The quantitative estimate of drug-likeness (QED) is 0.161. The smallest absolute Gasteiger partial charge is 0.161 e. The lowest BCUT2D eigenvalue weighted by molar-refractivity contribution is 1.18. The van der Waals surface area contributed by atoms with Crippen molar-refractivity contribution in [2.75, 3.05) is 0 Å². The second kappa shape index (κ2) is 14.8. The normalized spacial score (nSPS) is 12.1. The van der Waals surface area contributed by atoms with Gasteiger partial charge in [-0.05, 0) is 105 Å². The van der Waals surface area contributed by atoms with Gasteiger partial charge < -0.3 is 9.13 Å². The van der Waals surface area contributed by atoms with E-state index >= 15 is 0 Å². The molecule has 5 heteroatoms. The molecule has 0 atom stereocenters. The molecule has 0 bridgehead atoms. The molecule has 320 valence electrons. The molecule has 0 unspecified atom stereocenters. The van der Waals surface area contributed by atoms with Crippen molar-refractivity contribution in [3.8, 4) is 45.1 Å². The zero-order chi connectivity index (χ0) is 45.2. The standard InChI is InChI=1S/C64H38N4S/c1-3-16-39(17-4-1)61-63-62(50-24-11-14-29-59(50)69-63)66-64(65-61)51-26-15-25-49-52-38-43(32-33-45(52)44-20-7-8-23-48(44)60(49)51)68-56-28-13-10-22-47(56)54-37-41(31-35-58(54)68)40-30-34-57-53(36-40)46-21-9-12-27-55(46)67(57)42-18-5-2-6-19-42/h1-38H. The lowest BCUT2D eigenvalue weighted by Crippen LogP contribution is -1.96. The number of benzene rings is 11. The third kappa shape index (κ3) is 5.69. The van der Waals surface area contributed by atoms with E-state index in [0.717, 1.165) is 55.0 Å². The van der Waals surface area contributed by atoms with Gasteiger partial charge in [-0.3, -0.25) is 0 Å². The number of fused-ring (bicyclic) bond motifs is 15. The van der Waals surface area contributed by atoms with E-state index in [0.29, 0.717) is 0 Å². The van der Waals surface area contributed by atoms with E-state index in [-0.39, 0.29) is 0 Å². The summed E-state index contributed by atoms with van der Waals surface area (Å²) in [7, 11) is 0. The maximum Gasteiger partial charge on any atom is 0.161 e. The van der Waals surface area contributed by atoms with Crippen LogP contribution in [0.15, 0.2) is 231 Å². The topological polar surface area (TPSA) is 35.6 Å². The number of rotatable bonds is 5. The third-order valence-corrected chi connectivity index (χ3v) is 15.5. The molecule has 0 fully saturated rings. The third-order valence-electron chi connectivity index (χ3n) is 14.3. The summed E-state index contributed by atoms with van der Waals surface area (Å²) in [5, 5.41) is 13.3. The Labute approximate surface area is 400 Å².